The van der Waals surface area contributed by atoms with Crippen LogP contribution < -0.4 is 4.90 Å². The predicted octanol–water partition coefficient (Wildman–Crippen LogP) is 5.37. The molecule has 0 aliphatic rings. The van der Waals surface area contributed by atoms with E-state index in [1.54, 1.807) is 0 Å². The number of rotatable bonds is 3. The molecule has 0 radical (unpaired) electrons. The predicted molar refractivity (Wildman–Crippen MR) is 107 cm³/mol. The summed E-state index contributed by atoms with van der Waals surface area (Å²) >= 11 is 0. The van der Waals surface area contributed by atoms with E-state index >= 15 is 0 Å². The number of anilines is 1. The van der Waals surface area contributed by atoms with Crippen LogP contribution in [0.4, 0.5) is 5.69 Å². The van der Waals surface area contributed by atoms with Crippen molar-refractivity contribution in [2.75, 3.05) is 19.0 Å². The molecule has 0 bridgehead atoms. The number of para-hydroxylation sites is 4. The fourth-order valence-electron chi connectivity index (χ4n) is 3.11. The Bertz CT molecular complexity index is 1110. The molecule has 0 atom stereocenters. The second-order valence-corrected chi connectivity index (χ2v) is 6.64. The highest BCUT2D eigenvalue weighted by atomic mass is 16.4. The van der Waals surface area contributed by atoms with Gasteiger partial charge >= 0.3 is 0 Å². The van der Waals surface area contributed by atoms with Crippen LogP contribution in [0.5, 0.6) is 0 Å². The Labute approximate surface area is 155 Å². The fraction of sp³-hybridized carbons (Fsp3) is 0.0909. The van der Waals surface area contributed by atoms with Crippen LogP contribution in [-0.2, 0) is 0 Å². The second kappa shape index (κ2) is 5.99. The summed E-state index contributed by atoms with van der Waals surface area (Å²) in [5.74, 6) is 1.16. The van der Waals surface area contributed by atoms with Gasteiger partial charge in [0.1, 0.15) is 11.0 Å². The maximum Gasteiger partial charge on any atom is 0.227 e. The van der Waals surface area contributed by atoms with Crippen LogP contribution in [0, 0.1) is 0 Å². The van der Waals surface area contributed by atoms with Gasteiger partial charge in [0, 0.05) is 30.9 Å². The van der Waals surface area contributed by atoms with Crippen LogP contribution in [-0.4, -0.2) is 24.1 Å². The minimum atomic E-state index is 0.581. The van der Waals surface area contributed by atoms with Crippen molar-refractivity contribution in [3.63, 3.8) is 0 Å². The summed E-state index contributed by atoms with van der Waals surface area (Å²) in [5.41, 5.74) is 6.01. The lowest BCUT2D eigenvalue weighted by molar-refractivity contribution is 0.617. The average molecular weight is 355 g/mol. The summed E-state index contributed by atoms with van der Waals surface area (Å²) < 4.78 is 11.9. The molecule has 0 aliphatic carbocycles. The first-order chi connectivity index (χ1) is 13.2. The van der Waals surface area contributed by atoms with Crippen LogP contribution in [0.3, 0.4) is 0 Å². The van der Waals surface area contributed by atoms with Crippen molar-refractivity contribution < 1.29 is 8.83 Å². The minimum absolute atomic E-state index is 0.581. The van der Waals surface area contributed by atoms with Crippen molar-refractivity contribution in [3.05, 3.63) is 66.7 Å². The van der Waals surface area contributed by atoms with Gasteiger partial charge in [-0.2, -0.15) is 0 Å². The van der Waals surface area contributed by atoms with E-state index in [4.69, 9.17) is 8.83 Å². The Morgan fingerprint density at radius 1 is 0.667 bits per heavy atom. The molecule has 5 aromatic rings. The Morgan fingerprint density at radius 2 is 1.15 bits per heavy atom. The van der Waals surface area contributed by atoms with E-state index in [1.807, 2.05) is 73.6 Å². The SMILES string of the molecule is CN(C)c1cc(-c2nc3ccccc3o2)cc(-c2nc3ccccc3o2)c1. The fourth-order valence-corrected chi connectivity index (χ4v) is 3.11. The summed E-state index contributed by atoms with van der Waals surface area (Å²) in [7, 11) is 4.00. The van der Waals surface area contributed by atoms with Crippen LogP contribution in [0.2, 0.25) is 0 Å². The van der Waals surface area contributed by atoms with Crippen molar-refractivity contribution in [2.24, 2.45) is 0 Å². The van der Waals surface area contributed by atoms with Crippen LogP contribution >= 0.6 is 0 Å². The topological polar surface area (TPSA) is 55.3 Å². The second-order valence-electron chi connectivity index (χ2n) is 6.64. The van der Waals surface area contributed by atoms with E-state index in [-0.39, 0.29) is 0 Å². The van der Waals surface area contributed by atoms with E-state index in [9.17, 15) is 0 Å². The summed E-state index contributed by atoms with van der Waals surface area (Å²) in [4.78, 5) is 11.3. The number of nitrogens with zero attached hydrogens (tertiary/aromatic N) is 3. The molecule has 5 heteroatoms. The first-order valence-corrected chi connectivity index (χ1v) is 8.72. The average Bonchev–Trinajstić information content (AvgIpc) is 3.31. The minimum Gasteiger partial charge on any atom is -0.436 e. The Hall–Kier alpha value is -3.60. The molecule has 0 N–H and O–H groups in total. The molecule has 0 saturated heterocycles. The van der Waals surface area contributed by atoms with Gasteiger partial charge in [0.25, 0.3) is 0 Å². The number of fused-ring (bicyclic) bond motifs is 2. The van der Waals surface area contributed by atoms with E-state index in [0.717, 1.165) is 39.0 Å². The van der Waals surface area contributed by atoms with E-state index < -0.39 is 0 Å². The third-order valence-corrected chi connectivity index (χ3v) is 4.52. The normalized spacial score (nSPS) is 11.3. The Morgan fingerprint density at radius 3 is 1.59 bits per heavy atom. The summed E-state index contributed by atoms with van der Waals surface area (Å²) in [5, 5.41) is 0. The van der Waals surface area contributed by atoms with Crippen molar-refractivity contribution in [1.82, 2.24) is 9.97 Å². The lowest BCUT2D eigenvalue weighted by Gasteiger charge is -2.14. The molecule has 5 nitrogen and oxygen atoms in total. The summed E-state index contributed by atoms with van der Waals surface area (Å²) in [6.45, 7) is 0. The number of benzene rings is 3. The summed E-state index contributed by atoms with van der Waals surface area (Å²) in [6, 6.07) is 21.6. The first kappa shape index (κ1) is 15.6. The molecule has 0 spiro atoms. The van der Waals surface area contributed by atoms with Crippen molar-refractivity contribution in [2.45, 2.75) is 0 Å². The first-order valence-electron chi connectivity index (χ1n) is 8.72. The van der Waals surface area contributed by atoms with Gasteiger partial charge in [0.2, 0.25) is 11.8 Å². The number of hydrogen-bond acceptors (Lipinski definition) is 5. The van der Waals surface area contributed by atoms with Gasteiger partial charge in [-0.25, -0.2) is 9.97 Å². The molecule has 27 heavy (non-hydrogen) atoms. The highest BCUT2D eigenvalue weighted by Crippen LogP contribution is 2.33. The molecule has 2 heterocycles. The van der Waals surface area contributed by atoms with Gasteiger partial charge in [-0.05, 0) is 42.5 Å². The van der Waals surface area contributed by atoms with E-state index in [2.05, 4.69) is 22.1 Å². The molecule has 0 unspecified atom stereocenters. The maximum absolute atomic E-state index is 5.96. The highest BCUT2D eigenvalue weighted by molar-refractivity contribution is 5.81. The molecule has 3 aromatic carbocycles. The van der Waals surface area contributed by atoms with Crippen LogP contribution in [0.1, 0.15) is 0 Å². The van der Waals surface area contributed by atoms with E-state index in [0.29, 0.717) is 11.8 Å². The van der Waals surface area contributed by atoms with Gasteiger partial charge in [-0.1, -0.05) is 24.3 Å². The van der Waals surface area contributed by atoms with Gasteiger partial charge in [0.05, 0.1) is 0 Å². The molecule has 0 fully saturated rings. The van der Waals surface area contributed by atoms with E-state index in [1.165, 1.54) is 0 Å². The monoisotopic (exact) mass is 355 g/mol. The lowest BCUT2D eigenvalue weighted by Crippen LogP contribution is -2.08. The molecule has 0 amide bonds. The highest BCUT2D eigenvalue weighted by Gasteiger charge is 2.15. The quantitative estimate of drug-likeness (QED) is 0.435. The zero-order valence-corrected chi connectivity index (χ0v) is 15.0. The van der Waals surface area contributed by atoms with Crippen LogP contribution in [0.15, 0.2) is 75.6 Å². The van der Waals surface area contributed by atoms with Crippen molar-refractivity contribution in [1.29, 1.82) is 0 Å². The van der Waals surface area contributed by atoms with Gasteiger partial charge < -0.3 is 13.7 Å². The Balaban J connectivity index is 1.69. The molecule has 0 aliphatic heterocycles. The third kappa shape index (κ3) is 2.73. The van der Waals surface area contributed by atoms with Crippen molar-refractivity contribution in [3.8, 4) is 22.9 Å². The molecular formula is C22H17N3O2. The number of aromatic nitrogens is 2. The zero-order valence-electron chi connectivity index (χ0n) is 15.0. The molecule has 132 valence electrons. The Kier molecular flexibility index (Phi) is 3.47. The van der Waals surface area contributed by atoms with Gasteiger partial charge in [-0.3, -0.25) is 0 Å². The number of oxazole rings is 2. The van der Waals surface area contributed by atoms with Crippen molar-refractivity contribution >= 4 is 27.9 Å². The summed E-state index contributed by atoms with van der Waals surface area (Å²) in [6.07, 6.45) is 0. The van der Waals surface area contributed by atoms with Gasteiger partial charge in [0.15, 0.2) is 11.2 Å². The largest absolute Gasteiger partial charge is 0.436 e. The lowest BCUT2D eigenvalue weighted by atomic mass is 10.1. The maximum atomic E-state index is 5.96. The third-order valence-electron chi connectivity index (χ3n) is 4.52. The van der Waals surface area contributed by atoms with Crippen LogP contribution in [0.25, 0.3) is 45.1 Å². The molecule has 2 aromatic heterocycles. The molecule has 0 saturated carbocycles. The standard InChI is InChI=1S/C22H17N3O2/c1-25(2)16-12-14(21-23-17-7-3-5-9-19(17)26-21)11-15(13-16)22-24-18-8-4-6-10-20(18)27-22/h3-13H,1-2H3. The molecular weight excluding hydrogens is 338 g/mol. The van der Waals surface area contributed by atoms with Gasteiger partial charge in [-0.15, -0.1) is 0 Å². The number of hydrogen-bond donors (Lipinski definition) is 0. The zero-order chi connectivity index (χ0) is 18.4. The molecule has 5 rings (SSSR count). The smallest absolute Gasteiger partial charge is 0.227 e.